The van der Waals surface area contributed by atoms with E-state index in [4.69, 9.17) is 0 Å². The molecule has 0 N–H and O–H groups in total. The maximum Gasteiger partial charge on any atom is 0.0481 e. The normalized spacial score (nSPS) is 15.6. The highest BCUT2D eigenvalue weighted by atomic mass is 32.2. The highest BCUT2D eigenvalue weighted by Gasteiger charge is 2.21. The quantitative estimate of drug-likeness (QED) is 0.132. The Hall–Kier alpha value is -1.78. The Kier molecular flexibility index (Phi) is 12.4. The molecule has 0 spiro atoms. The fourth-order valence-corrected chi connectivity index (χ4v) is 4.51. The van der Waals surface area contributed by atoms with Gasteiger partial charge in [-0.2, -0.15) is 0 Å². The van der Waals surface area contributed by atoms with E-state index in [0.29, 0.717) is 0 Å². The van der Waals surface area contributed by atoms with Crippen LogP contribution in [-0.4, -0.2) is 41.0 Å². The molecule has 1 saturated heterocycles. The maximum atomic E-state index is 4.41. The molecular formula is C27H41N3S. The van der Waals surface area contributed by atoms with Crippen LogP contribution in [0.3, 0.4) is 0 Å². The van der Waals surface area contributed by atoms with Crippen LogP contribution in [0.15, 0.2) is 65.3 Å². The van der Waals surface area contributed by atoms with Crippen molar-refractivity contribution in [2.45, 2.75) is 65.7 Å². The monoisotopic (exact) mass is 439 g/mol. The van der Waals surface area contributed by atoms with Crippen molar-refractivity contribution in [2.75, 3.05) is 26.2 Å². The summed E-state index contributed by atoms with van der Waals surface area (Å²) >= 11 is 1.88. The van der Waals surface area contributed by atoms with Gasteiger partial charge in [0.1, 0.15) is 0 Å². The minimum atomic E-state index is 0.915. The molecule has 31 heavy (non-hydrogen) atoms. The number of aryl methyl sites for hydroxylation is 1. The van der Waals surface area contributed by atoms with Crippen molar-refractivity contribution < 1.29 is 0 Å². The smallest absolute Gasteiger partial charge is 0.0481 e. The molecule has 0 aromatic heterocycles. The first kappa shape index (κ1) is 25.5. The zero-order valence-corrected chi connectivity index (χ0v) is 20.7. The molecule has 4 heteroatoms. The fourth-order valence-electron chi connectivity index (χ4n) is 3.49. The molecule has 0 radical (unpaired) electrons. The van der Waals surface area contributed by atoms with Crippen molar-refractivity contribution in [2.24, 2.45) is 4.99 Å². The van der Waals surface area contributed by atoms with Gasteiger partial charge >= 0.3 is 0 Å². The molecule has 0 atom stereocenters. The summed E-state index contributed by atoms with van der Waals surface area (Å²) in [6.45, 7) is 14.7. The molecule has 0 aliphatic carbocycles. The SMILES string of the molecule is C=C(C)/C=C(\C=C/CC)N1CCN(CCCCCCc2ccc(/C=N/CCC)cc2)S1. The first-order chi connectivity index (χ1) is 15.1. The topological polar surface area (TPSA) is 18.8 Å². The van der Waals surface area contributed by atoms with Crippen LogP contribution in [0.4, 0.5) is 0 Å². The van der Waals surface area contributed by atoms with Crippen molar-refractivity contribution >= 4 is 18.3 Å². The van der Waals surface area contributed by atoms with E-state index in [2.05, 4.69) is 83.4 Å². The van der Waals surface area contributed by atoms with Crippen molar-refractivity contribution in [1.29, 1.82) is 0 Å². The molecule has 1 fully saturated rings. The number of allylic oxidation sites excluding steroid dienone is 4. The predicted molar refractivity (Wildman–Crippen MR) is 140 cm³/mol. The van der Waals surface area contributed by atoms with Crippen molar-refractivity contribution in [3.63, 3.8) is 0 Å². The summed E-state index contributed by atoms with van der Waals surface area (Å²) in [5.41, 5.74) is 5.02. The summed E-state index contributed by atoms with van der Waals surface area (Å²) in [5.74, 6) is 0. The van der Waals surface area contributed by atoms with Crippen LogP contribution in [0.5, 0.6) is 0 Å². The number of hydrogen-bond donors (Lipinski definition) is 0. The zero-order chi connectivity index (χ0) is 22.3. The van der Waals surface area contributed by atoms with Gasteiger partial charge in [0.25, 0.3) is 0 Å². The van der Waals surface area contributed by atoms with Gasteiger partial charge < -0.3 is 4.31 Å². The van der Waals surface area contributed by atoms with Crippen LogP contribution in [0, 0.1) is 0 Å². The third kappa shape index (κ3) is 10.4. The largest absolute Gasteiger partial charge is 0.302 e. The Morgan fingerprint density at radius 2 is 1.87 bits per heavy atom. The molecule has 1 aromatic carbocycles. The molecule has 1 aliphatic heterocycles. The van der Waals surface area contributed by atoms with Crippen molar-refractivity contribution in [3.8, 4) is 0 Å². The molecule has 170 valence electrons. The fraction of sp³-hybridized carbons (Fsp3) is 0.519. The first-order valence-corrected chi connectivity index (χ1v) is 12.7. The van der Waals surface area contributed by atoms with E-state index in [9.17, 15) is 0 Å². The van der Waals surface area contributed by atoms with Crippen LogP contribution in [0.2, 0.25) is 0 Å². The standard InChI is InChI=1S/C27H41N3S/c1-5-7-13-27(22-24(3)4)30-21-20-29(31-30)19-11-9-8-10-12-25-14-16-26(17-15-25)23-28-18-6-2/h7,13-17,22-23H,3,5-6,8-12,18-21H2,1-2,4H3/b13-7-,27-22+,28-23+. The Morgan fingerprint density at radius 1 is 1.10 bits per heavy atom. The van der Waals surface area contributed by atoms with E-state index in [-0.39, 0.29) is 0 Å². The van der Waals surface area contributed by atoms with Crippen LogP contribution in [0.1, 0.15) is 70.4 Å². The van der Waals surface area contributed by atoms with Gasteiger partial charge in [-0.25, -0.2) is 4.31 Å². The first-order valence-electron chi connectivity index (χ1n) is 12.0. The molecule has 1 aromatic rings. The zero-order valence-electron chi connectivity index (χ0n) is 19.9. The lowest BCUT2D eigenvalue weighted by atomic mass is 10.0. The summed E-state index contributed by atoms with van der Waals surface area (Å²) in [5, 5.41) is 0. The Labute approximate surface area is 195 Å². The molecule has 0 unspecified atom stereocenters. The van der Waals surface area contributed by atoms with Crippen molar-refractivity contribution in [3.05, 3.63) is 71.5 Å². The molecule has 0 saturated carbocycles. The van der Waals surface area contributed by atoms with Gasteiger partial charge in [-0.15, -0.1) is 0 Å². The van der Waals surface area contributed by atoms with Crippen molar-refractivity contribution in [1.82, 2.24) is 8.61 Å². The summed E-state index contributed by atoms with van der Waals surface area (Å²) in [4.78, 5) is 4.41. The van der Waals surface area contributed by atoms with E-state index >= 15 is 0 Å². The van der Waals surface area contributed by atoms with Gasteiger partial charge in [-0.3, -0.25) is 4.99 Å². The number of aliphatic imine (C=N–C) groups is 1. The lowest BCUT2D eigenvalue weighted by molar-refractivity contribution is 0.464. The minimum absolute atomic E-state index is 0.915. The van der Waals surface area contributed by atoms with Crippen LogP contribution in [-0.2, 0) is 6.42 Å². The third-order valence-electron chi connectivity index (χ3n) is 5.17. The third-order valence-corrected chi connectivity index (χ3v) is 6.36. The van der Waals surface area contributed by atoms with E-state index in [1.54, 1.807) is 0 Å². The van der Waals surface area contributed by atoms with Gasteiger partial charge in [0, 0.05) is 50.2 Å². The van der Waals surface area contributed by atoms with Gasteiger partial charge in [0.2, 0.25) is 0 Å². The Morgan fingerprint density at radius 3 is 2.58 bits per heavy atom. The Balaban J connectivity index is 1.62. The van der Waals surface area contributed by atoms with Crippen LogP contribution >= 0.6 is 12.1 Å². The minimum Gasteiger partial charge on any atom is -0.302 e. The molecule has 2 rings (SSSR count). The molecule has 3 nitrogen and oxygen atoms in total. The predicted octanol–water partition coefficient (Wildman–Crippen LogP) is 7.23. The average molecular weight is 440 g/mol. The van der Waals surface area contributed by atoms with E-state index in [1.807, 2.05) is 18.3 Å². The molecule has 1 heterocycles. The highest BCUT2D eigenvalue weighted by molar-refractivity contribution is 7.95. The molecular weight excluding hydrogens is 398 g/mol. The number of hydrogen-bond acceptors (Lipinski definition) is 4. The van der Waals surface area contributed by atoms with Crippen LogP contribution in [0.25, 0.3) is 0 Å². The van der Waals surface area contributed by atoms with E-state index in [1.165, 1.54) is 55.5 Å². The molecule has 1 aliphatic rings. The second-order valence-corrected chi connectivity index (χ2v) is 9.40. The Bertz CT molecular complexity index is 733. The van der Waals surface area contributed by atoms with Gasteiger partial charge in [0.15, 0.2) is 0 Å². The van der Waals surface area contributed by atoms with Gasteiger partial charge in [-0.05, 0) is 62.3 Å². The molecule has 0 amide bonds. The highest BCUT2D eigenvalue weighted by Crippen LogP contribution is 2.29. The van der Waals surface area contributed by atoms with E-state index < -0.39 is 0 Å². The lowest BCUT2D eigenvalue weighted by Gasteiger charge is -2.19. The molecule has 0 bridgehead atoms. The summed E-state index contributed by atoms with van der Waals surface area (Å²) in [7, 11) is 0. The average Bonchev–Trinajstić information content (AvgIpc) is 3.23. The van der Waals surface area contributed by atoms with Crippen LogP contribution < -0.4 is 0 Å². The summed E-state index contributed by atoms with van der Waals surface area (Å²) in [6.07, 6.45) is 17.1. The number of rotatable bonds is 14. The summed E-state index contributed by atoms with van der Waals surface area (Å²) in [6, 6.07) is 8.89. The second-order valence-electron chi connectivity index (χ2n) is 8.28. The summed E-state index contributed by atoms with van der Waals surface area (Å²) < 4.78 is 4.91. The number of unbranched alkanes of at least 4 members (excludes halogenated alkanes) is 3. The number of benzene rings is 1. The maximum absolute atomic E-state index is 4.41. The van der Waals surface area contributed by atoms with Gasteiger partial charge in [-0.1, -0.05) is 69.2 Å². The second kappa shape index (κ2) is 15.1. The number of nitrogens with zero attached hydrogens (tertiary/aromatic N) is 3. The van der Waals surface area contributed by atoms with Gasteiger partial charge in [0.05, 0.1) is 0 Å². The lowest BCUT2D eigenvalue weighted by Crippen LogP contribution is -2.13. The van der Waals surface area contributed by atoms with E-state index in [0.717, 1.165) is 38.0 Å².